The number of allylic oxidation sites excluding steroid dienone is 2. The maximum absolute atomic E-state index is 10.2. The van der Waals surface area contributed by atoms with Gasteiger partial charge in [0.05, 0.1) is 11.8 Å². The molecule has 0 aliphatic rings. The van der Waals surface area contributed by atoms with E-state index >= 15 is 0 Å². The molecule has 0 rings (SSSR count). The third-order valence-electron chi connectivity index (χ3n) is 0.829. The lowest BCUT2D eigenvalue weighted by molar-refractivity contribution is -0.132. The summed E-state index contributed by atoms with van der Waals surface area (Å²) in [7, 11) is 0. The second-order valence-electron chi connectivity index (χ2n) is 1.47. The van der Waals surface area contributed by atoms with Gasteiger partial charge in [-0.15, -0.1) is 0 Å². The molecule has 10 heavy (non-hydrogen) atoms. The van der Waals surface area contributed by atoms with Gasteiger partial charge in [0.15, 0.2) is 0 Å². The minimum Gasteiger partial charge on any atom is -0.516 e. The van der Waals surface area contributed by atoms with Crippen LogP contribution in [0.5, 0.6) is 0 Å². The Morgan fingerprint density at radius 3 is 2.40 bits per heavy atom. The topological polar surface area (TPSA) is 57.5 Å². The van der Waals surface area contributed by atoms with Gasteiger partial charge < -0.3 is 10.2 Å². The molecule has 54 valence electrons. The molecule has 3 heteroatoms. The number of hydrogen-bond donors (Lipinski definition) is 2. The highest BCUT2D eigenvalue weighted by molar-refractivity contribution is 5.89. The molecule has 0 aliphatic carbocycles. The van der Waals surface area contributed by atoms with Gasteiger partial charge in [0.25, 0.3) is 0 Å². The molecule has 0 atom stereocenters. The number of carboxylic acid groups (broad SMARTS) is 1. The van der Waals surface area contributed by atoms with E-state index in [1.807, 2.05) is 0 Å². The van der Waals surface area contributed by atoms with Crippen LogP contribution in [-0.4, -0.2) is 16.2 Å². The Morgan fingerprint density at radius 2 is 2.10 bits per heavy atom. The number of rotatable bonds is 3. The maximum Gasteiger partial charge on any atom is 0.335 e. The van der Waals surface area contributed by atoms with Crippen LogP contribution in [0.4, 0.5) is 0 Å². The van der Waals surface area contributed by atoms with E-state index in [0.717, 1.165) is 6.26 Å². The normalized spacial score (nSPS) is 11.8. The molecule has 0 heterocycles. The van der Waals surface area contributed by atoms with Crippen LogP contribution in [0.25, 0.3) is 0 Å². The van der Waals surface area contributed by atoms with Gasteiger partial charge in [0.2, 0.25) is 0 Å². The fourth-order valence-corrected chi connectivity index (χ4v) is 0.373. The Bertz CT molecular complexity index is 189. The van der Waals surface area contributed by atoms with Crippen molar-refractivity contribution in [3.63, 3.8) is 0 Å². The fraction of sp³-hybridized carbons (Fsp3) is 0. The van der Waals surface area contributed by atoms with Crippen molar-refractivity contribution in [2.45, 2.75) is 0 Å². The Labute approximate surface area is 58.6 Å². The predicted octanol–water partition coefficient (Wildman–Crippen LogP) is 1.26. The summed E-state index contributed by atoms with van der Waals surface area (Å²) < 4.78 is 0. The average Bonchev–Trinajstić information content (AvgIpc) is 1.89. The van der Waals surface area contributed by atoms with Crippen LogP contribution in [0.2, 0.25) is 0 Å². The van der Waals surface area contributed by atoms with Crippen molar-refractivity contribution in [1.82, 2.24) is 0 Å². The highest BCUT2D eigenvalue weighted by atomic mass is 16.4. The summed E-state index contributed by atoms with van der Waals surface area (Å²) in [4.78, 5) is 10.2. The number of hydrogen-bond acceptors (Lipinski definition) is 2. The van der Waals surface area contributed by atoms with Crippen LogP contribution in [0.3, 0.4) is 0 Å². The summed E-state index contributed by atoms with van der Waals surface area (Å²) in [6.07, 6.45) is 4.41. The zero-order chi connectivity index (χ0) is 7.98. The number of carbonyl (C=O) groups is 1. The van der Waals surface area contributed by atoms with Crippen LogP contribution in [0.15, 0.2) is 36.6 Å². The quantitative estimate of drug-likeness (QED) is 0.352. The van der Waals surface area contributed by atoms with Crippen molar-refractivity contribution in [3.8, 4) is 0 Å². The van der Waals surface area contributed by atoms with Gasteiger partial charge in [-0.3, -0.25) is 0 Å². The van der Waals surface area contributed by atoms with Crippen LogP contribution in [0.1, 0.15) is 0 Å². The summed E-state index contributed by atoms with van der Waals surface area (Å²) in [5.74, 6) is -1.06. The van der Waals surface area contributed by atoms with E-state index in [2.05, 4.69) is 6.58 Å². The van der Waals surface area contributed by atoms with Crippen molar-refractivity contribution in [3.05, 3.63) is 36.6 Å². The lowest BCUT2D eigenvalue weighted by Crippen LogP contribution is -1.95. The number of aliphatic hydroxyl groups excluding tert-OH is 1. The standard InChI is InChI=1S/C7H8O3/c1-2-6(7(9)10)4-3-5-8/h2-5,8H,1H2,(H,9,10)/b5-3+,6-4+. The zero-order valence-electron chi connectivity index (χ0n) is 5.32. The van der Waals surface area contributed by atoms with E-state index in [0.29, 0.717) is 0 Å². The summed E-state index contributed by atoms with van der Waals surface area (Å²) in [6, 6.07) is 0. The Morgan fingerprint density at radius 1 is 1.50 bits per heavy atom. The van der Waals surface area contributed by atoms with E-state index < -0.39 is 5.97 Å². The lowest BCUT2D eigenvalue weighted by atomic mass is 10.2. The van der Waals surface area contributed by atoms with Crippen LogP contribution in [-0.2, 0) is 4.79 Å². The van der Waals surface area contributed by atoms with E-state index in [9.17, 15) is 4.79 Å². The van der Waals surface area contributed by atoms with Crippen molar-refractivity contribution in [1.29, 1.82) is 0 Å². The van der Waals surface area contributed by atoms with E-state index in [1.54, 1.807) is 0 Å². The van der Waals surface area contributed by atoms with Crippen molar-refractivity contribution in [2.75, 3.05) is 0 Å². The molecule has 0 amide bonds. The van der Waals surface area contributed by atoms with Gasteiger partial charge in [-0.2, -0.15) is 0 Å². The second kappa shape index (κ2) is 4.38. The smallest absolute Gasteiger partial charge is 0.335 e. The third-order valence-corrected chi connectivity index (χ3v) is 0.829. The molecule has 0 aromatic rings. The van der Waals surface area contributed by atoms with E-state index in [4.69, 9.17) is 10.2 Å². The fourth-order valence-electron chi connectivity index (χ4n) is 0.373. The lowest BCUT2D eigenvalue weighted by Gasteiger charge is -1.87. The highest BCUT2D eigenvalue weighted by Gasteiger charge is 1.97. The molecule has 2 N–H and O–H groups in total. The average molecular weight is 140 g/mol. The van der Waals surface area contributed by atoms with Crippen molar-refractivity contribution >= 4 is 5.97 Å². The summed E-state index contributed by atoms with van der Waals surface area (Å²) in [5, 5.41) is 16.5. The molecular formula is C7H8O3. The predicted molar refractivity (Wildman–Crippen MR) is 37.7 cm³/mol. The number of aliphatic carboxylic acids is 1. The first-order valence-corrected chi connectivity index (χ1v) is 2.59. The monoisotopic (exact) mass is 140 g/mol. The van der Waals surface area contributed by atoms with Gasteiger partial charge in [-0.1, -0.05) is 12.7 Å². The summed E-state index contributed by atoms with van der Waals surface area (Å²) >= 11 is 0. The van der Waals surface area contributed by atoms with Gasteiger partial charge in [-0.25, -0.2) is 4.79 Å². The second-order valence-corrected chi connectivity index (χ2v) is 1.47. The van der Waals surface area contributed by atoms with Crippen LogP contribution in [0, 0.1) is 0 Å². The van der Waals surface area contributed by atoms with Gasteiger partial charge in [0.1, 0.15) is 0 Å². The molecule has 0 spiro atoms. The van der Waals surface area contributed by atoms with Crippen LogP contribution < -0.4 is 0 Å². The first-order chi connectivity index (χ1) is 4.72. The molecule has 0 saturated carbocycles. The molecule has 0 aliphatic heterocycles. The molecule has 0 bridgehead atoms. The highest BCUT2D eigenvalue weighted by Crippen LogP contribution is 1.94. The minimum absolute atomic E-state index is 0.0466. The molecule has 0 fully saturated rings. The van der Waals surface area contributed by atoms with Gasteiger partial charge in [-0.05, 0) is 12.2 Å². The molecule has 0 aromatic carbocycles. The maximum atomic E-state index is 10.2. The van der Waals surface area contributed by atoms with Gasteiger partial charge >= 0.3 is 5.97 Å². The Kier molecular flexibility index (Phi) is 3.72. The molecule has 0 saturated heterocycles. The largest absolute Gasteiger partial charge is 0.516 e. The third kappa shape index (κ3) is 2.71. The Hall–Kier alpha value is -1.51. The minimum atomic E-state index is -1.06. The number of carboxylic acids is 1. The van der Waals surface area contributed by atoms with Gasteiger partial charge in [0, 0.05) is 0 Å². The molecule has 0 aromatic heterocycles. The number of aliphatic hydroxyl groups is 1. The molecular weight excluding hydrogens is 132 g/mol. The van der Waals surface area contributed by atoms with Crippen molar-refractivity contribution in [2.24, 2.45) is 0 Å². The first kappa shape index (κ1) is 8.49. The summed E-state index contributed by atoms with van der Waals surface area (Å²) in [6.45, 7) is 3.27. The van der Waals surface area contributed by atoms with E-state index in [1.165, 1.54) is 18.2 Å². The zero-order valence-corrected chi connectivity index (χ0v) is 5.32. The SMILES string of the molecule is C=C/C(=C\C=C\O)C(=O)O. The van der Waals surface area contributed by atoms with Crippen molar-refractivity contribution < 1.29 is 15.0 Å². The first-order valence-electron chi connectivity index (χ1n) is 2.59. The molecule has 3 nitrogen and oxygen atoms in total. The Balaban J connectivity index is 4.33. The molecule has 0 radical (unpaired) electrons. The van der Waals surface area contributed by atoms with Crippen LogP contribution >= 0.6 is 0 Å². The molecule has 0 unspecified atom stereocenters. The summed E-state index contributed by atoms with van der Waals surface area (Å²) in [5.41, 5.74) is 0.0466. The van der Waals surface area contributed by atoms with E-state index in [-0.39, 0.29) is 5.57 Å².